The summed E-state index contributed by atoms with van der Waals surface area (Å²) in [6.07, 6.45) is -2.97. The number of aromatic amines is 1. The number of para-hydroxylation sites is 1. The Bertz CT molecular complexity index is 1110. The molecule has 11 heteroatoms. The van der Waals surface area contributed by atoms with Gasteiger partial charge in [-0.1, -0.05) is 25.1 Å². The zero-order valence-corrected chi connectivity index (χ0v) is 19.5. The zero-order chi connectivity index (χ0) is 24.1. The highest BCUT2D eigenvalue weighted by molar-refractivity contribution is 7.99. The van der Waals surface area contributed by atoms with Crippen molar-refractivity contribution >= 4 is 29.0 Å². The minimum absolute atomic E-state index is 0.00299. The molecule has 180 valence electrons. The standard InChI is InChI=1S/C23H25F3N6OS/c1-2-30-10-12-31(13-11-30)20-9-8-17(23(24,25)26)14-19(20)29-21(33)15-34-22-27-16-28-32(22)18-6-4-3-5-7-18/h3-9,14,16H,2,10-13,15H2,1H3,(H,29,33)/p+1. The highest BCUT2D eigenvalue weighted by Crippen LogP contribution is 2.36. The van der Waals surface area contributed by atoms with E-state index in [1.54, 1.807) is 4.68 Å². The first-order chi connectivity index (χ1) is 16.3. The van der Waals surface area contributed by atoms with Gasteiger partial charge >= 0.3 is 11.3 Å². The summed E-state index contributed by atoms with van der Waals surface area (Å²) in [7, 11) is 0. The average molecular weight is 492 g/mol. The van der Waals surface area contributed by atoms with Gasteiger partial charge in [-0.05, 0) is 53.6 Å². The lowest BCUT2D eigenvalue weighted by Gasteiger charge is -2.36. The number of amides is 1. The van der Waals surface area contributed by atoms with E-state index in [1.165, 1.54) is 24.2 Å². The number of nitrogens with one attached hydrogen (secondary N) is 2. The Morgan fingerprint density at radius 3 is 2.56 bits per heavy atom. The first-order valence-corrected chi connectivity index (χ1v) is 12.0. The van der Waals surface area contributed by atoms with Gasteiger partial charge in [0, 0.05) is 26.2 Å². The smallest absolute Gasteiger partial charge is 0.367 e. The molecule has 1 fully saturated rings. The maximum Gasteiger partial charge on any atom is 0.416 e. The number of carbonyl (C=O) groups is 1. The van der Waals surface area contributed by atoms with Gasteiger partial charge in [-0.2, -0.15) is 18.3 Å². The molecule has 4 rings (SSSR count). The predicted octanol–water partition coefficient (Wildman–Crippen LogP) is 3.58. The van der Waals surface area contributed by atoms with Crippen molar-refractivity contribution in [2.24, 2.45) is 0 Å². The molecule has 0 spiro atoms. The molecular formula is C23H26F3N6OS+. The van der Waals surface area contributed by atoms with Crippen molar-refractivity contribution in [2.45, 2.75) is 18.3 Å². The molecule has 7 nitrogen and oxygen atoms in total. The Morgan fingerprint density at radius 1 is 1.15 bits per heavy atom. The quantitative estimate of drug-likeness (QED) is 0.391. The topological polar surface area (TPSA) is 68.1 Å². The second kappa shape index (κ2) is 10.5. The van der Waals surface area contributed by atoms with E-state index in [0.717, 1.165) is 37.5 Å². The number of thioether (sulfide) groups is 1. The Labute approximate surface area is 200 Å². The van der Waals surface area contributed by atoms with E-state index in [9.17, 15) is 18.0 Å². The Kier molecular flexibility index (Phi) is 7.42. The number of nitrogens with zero attached hydrogens (tertiary/aromatic N) is 4. The maximum atomic E-state index is 13.4. The van der Waals surface area contributed by atoms with Crippen LogP contribution in [0.1, 0.15) is 12.5 Å². The van der Waals surface area contributed by atoms with Crippen LogP contribution in [-0.4, -0.2) is 59.4 Å². The highest BCUT2D eigenvalue weighted by Gasteiger charge is 2.32. The number of hydrogen-bond acceptors (Lipinski definition) is 5. The van der Waals surface area contributed by atoms with Crippen molar-refractivity contribution in [3.05, 3.63) is 60.4 Å². The van der Waals surface area contributed by atoms with Gasteiger partial charge in [0.2, 0.25) is 12.2 Å². The lowest BCUT2D eigenvalue weighted by atomic mass is 10.1. The maximum absolute atomic E-state index is 13.4. The van der Waals surface area contributed by atoms with Crippen LogP contribution in [0.15, 0.2) is 60.0 Å². The molecule has 2 aromatic carbocycles. The van der Waals surface area contributed by atoms with E-state index in [-0.39, 0.29) is 11.4 Å². The van der Waals surface area contributed by atoms with E-state index < -0.39 is 17.6 Å². The molecule has 0 saturated carbocycles. The number of aromatic nitrogens is 3. The molecule has 1 aromatic heterocycles. The molecule has 0 unspecified atom stereocenters. The Hall–Kier alpha value is -3.05. The Balaban J connectivity index is 1.49. The molecule has 1 amide bonds. The zero-order valence-electron chi connectivity index (χ0n) is 18.7. The fourth-order valence-corrected chi connectivity index (χ4v) is 4.58. The molecule has 0 atom stereocenters. The van der Waals surface area contributed by atoms with Crippen molar-refractivity contribution in [3.8, 4) is 5.69 Å². The second-order valence-corrected chi connectivity index (χ2v) is 8.77. The lowest BCUT2D eigenvalue weighted by Crippen LogP contribution is -2.46. The van der Waals surface area contributed by atoms with Crippen LogP contribution < -0.4 is 14.9 Å². The van der Waals surface area contributed by atoms with Gasteiger partial charge in [-0.25, -0.2) is 0 Å². The van der Waals surface area contributed by atoms with Gasteiger partial charge in [0.15, 0.2) is 5.69 Å². The molecule has 0 radical (unpaired) electrons. The van der Waals surface area contributed by atoms with Crippen molar-refractivity contribution in [1.29, 1.82) is 0 Å². The van der Waals surface area contributed by atoms with Gasteiger partial charge in [0.05, 0.1) is 22.7 Å². The van der Waals surface area contributed by atoms with E-state index in [4.69, 9.17) is 0 Å². The molecule has 2 heterocycles. The second-order valence-electron chi connectivity index (χ2n) is 7.83. The van der Waals surface area contributed by atoms with Crippen LogP contribution in [0.4, 0.5) is 24.5 Å². The van der Waals surface area contributed by atoms with Crippen LogP contribution in [0, 0.1) is 0 Å². The number of piperazine rings is 1. The Morgan fingerprint density at radius 2 is 1.88 bits per heavy atom. The first kappa shape index (κ1) is 24.1. The molecule has 1 aliphatic rings. The van der Waals surface area contributed by atoms with Crippen molar-refractivity contribution < 1.29 is 22.6 Å². The van der Waals surface area contributed by atoms with Crippen LogP contribution >= 0.6 is 11.8 Å². The fraction of sp³-hybridized carbons (Fsp3) is 0.348. The summed E-state index contributed by atoms with van der Waals surface area (Å²) < 4.78 is 41.8. The number of hydrogen-bond donors (Lipinski definition) is 2. The molecule has 1 aliphatic heterocycles. The summed E-state index contributed by atoms with van der Waals surface area (Å²) in [6, 6.07) is 13.0. The van der Waals surface area contributed by atoms with Crippen LogP contribution in [0.3, 0.4) is 0 Å². The summed E-state index contributed by atoms with van der Waals surface area (Å²) in [5.74, 6) is -0.405. The highest BCUT2D eigenvalue weighted by atomic mass is 32.2. The molecule has 0 aliphatic carbocycles. The van der Waals surface area contributed by atoms with Gasteiger partial charge in [0.25, 0.3) is 0 Å². The number of anilines is 2. The average Bonchev–Trinajstić information content (AvgIpc) is 3.31. The molecular weight excluding hydrogens is 465 g/mol. The normalized spacial score (nSPS) is 14.9. The molecule has 0 bridgehead atoms. The van der Waals surface area contributed by atoms with Crippen molar-refractivity contribution in [3.63, 3.8) is 0 Å². The van der Waals surface area contributed by atoms with Crippen LogP contribution in [0.5, 0.6) is 0 Å². The summed E-state index contributed by atoms with van der Waals surface area (Å²) in [6.45, 7) is 6.01. The monoisotopic (exact) mass is 491 g/mol. The van der Waals surface area contributed by atoms with Crippen molar-refractivity contribution in [1.82, 2.24) is 15.0 Å². The molecule has 1 saturated heterocycles. The molecule has 34 heavy (non-hydrogen) atoms. The minimum atomic E-state index is -4.50. The third-order valence-electron chi connectivity index (χ3n) is 5.66. The van der Waals surface area contributed by atoms with Gasteiger partial charge in [-0.15, -0.1) is 4.68 Å². The van der Waals surface area contributed by atoms with E-state index in [1.807, 2.05) is 35.2 Å². The third kappa shape index (κ3) is 5.71. The van der Waals surface area contributed by atoms with E-state index in [0.29, 0.717) is 23.9 Å². The number of likely N-dealkylation sites (N-methyl/N-ethyl adjacent to an activating group) is 1. The number of carbonyl (C=O) groups excluding carboxylic acids is 1. The summed E-state index contributed by atoms with van der Waals surface area (Å²) >= 11 is 1.20. The molecule has 3 aromatic rings. The predicted molar refractivity (Wildman–Crippen MR) is 125 cm³/mol. The SMILES string of the molecule is CCN1CCN(c2ccc(C(F)(F)F)cc2NC(=O)CSc2nc[nH][n+]2-c2ccccc2)CC1. The number of alkyl halides is 3. The number of benzene rings is 2. The number of halogens is 3. The first-order valence-electron chi connectivity index (χ1n) is 11.0. The number of rotatable bonds is 7. The van der Waals surface area contributed by atoms with Crippen LogP contribution in [-0.2, 0) is 11.0 Å². The fourth-order valence-electron chi connectivity index (χ4n) is 3.83. The van der Waals surface area contributed by atoms with Gasteiger partial charge in [0.1, 0.15) is 0 Å². The summed E-state index contributed by atoms with van der Waals surface area (Å²) in [5, 5.41) is 6.27. The summed E-state index contributed by atoms with van der Waals surface area (Å²) in [5.41, 5.74) is 0.833. The number of H-pyrrole nitrogens is 1. The van der Waals surface area contributed by atoms with Gasteiger partial charge in [-0.3, -0.25) is 4.79 Å². The largest absolute Gasteiger partial charge is 0.416 e. The van der Waals surface area contributed by atoms with Gasteiger partial charge < -0.3 is 15.1 Å². The van der Waals surface area contributed by atoms with E-state index in [2.05, 4.69) is 27.2 Å². The van der Waals surface area contributed by atoms with E-state index >= 15 is 0 Å². The minimum Gasteiger partial charge on any atom is -0.367 e. The third-order valence-corrected chi connectivity index (χ3v) is 6.61. The summed E-state index contributed by atoms with van der Waals surface area (Å²) in [4.78, 5) is 21.3. The molecule has 2 N–H and O–H groups in total. The van der Waals surface area contributed by atoms with Crippen LogP contribution in [0.25, 0.3) is 5.69 Å². The van der Waals surface area contributed by atoms with Crippen LogP contribution in [0.2, 0.25) is 0 Å². The van der Waals surface area contributed by atoms with Crippen molar-refractivity contribution in [2.75, 3.05) is 48.7 Å². The lowest BCUT2D eigenvalue weighted by molar-refractivity contribution is -0.694.